The Morgan fingerprint density at radius 2 is 1.48 bits per heavy atom. The Kier molecular flexibility index (Phi) is 8.19. The van der Waals surface area contributed by atoms with Crippen LogP contribution in [0.4, 0.5) is 5.69 Å². The second-order valence-electron chi connectivity index (χ2n) is 7.30. The van der Waals surface area contributed by atoms with E-state index in [0.717, 1.165) is 23.1 Å². The van der Waals surface area contributed by atoms with Gasteiger partial charge < -0.3 is 14.8 Å². The third-order valence-corrected chi connectivity index (χ3v) is 6.18. The minimum absolute atomic E-state index is 0.157. The minimum Gasteiger partial charge on any atom is -0.497 e. The summed E-state index contributed by atoms with van der Waals surface area (Å²) >= 11 is 5.91. The number of nitrogens with zero attached hydrogens (tertiary/aromatic N) is 1. The fraction of sp³-hybridized carbons (Fsp3) is 0.208. The van der Waals surface area contributed by atoms with E-state index in [2.05, 4.69) is 5.32 Å². The van der Waals surface area contributed by atoms with E-state index < -0.39 is 10.0 Å². The zero-order valence-corrected chi connectivity index (χ0v) is 19.9. The number of rotatable bonds is 10. The Morgan fingerprint density at radius 1 is 0.909 bits per heavy atom. The molecule has 0 atom stereocenters. The van der Waals surface area contributed by atoms with Crippen molar-refractivity contribution in [2.24, 2.45) is 0 Å². The Morgan fingerprint density at radius 3 is 2.06 bits per heavy atom. The van der Waals surface area contributed by atoms with Gasteiger partial charge in [-0.3, -0.25) is 9.10 Å². The van der Waals surface area contributed by atoms with E-state index in [1.807, 2.05) is 24.3 Å². The molecule has 0 aliphatic carbocycles. The normalized spacial score (nSPS) is 11.0. The lowest BCUT2D eigenvalue weighted by atomic mass is 10.2. The number of methoxy groups -OCH3 is 1. The first-order valence-electron chi connectivity index (χ1n) is 10.1. The highest BCUT2D eigenvalue weighted by Gasteiger charge is 2.18. The number of hydrogen-bond donors (Lipinski definition) is 1. The van der Waals surface area contributed by atoms with Gasteiger partial charge in [-0.05, 0) is 59.7 Å². The summed E-state index contributed by atoms with van der Waals surface area (Å²) in [5, 5.41) is 3.37. The van der Waals surface area contributed by atoms with Crippen LogP contribution in [0, 0.1) is 0 Å². The molecule has 0 saturated heterocycles. The van der Waals surface area contributed by atoms with Gasteiger partial charge in [0, 0.05) is 11.6 Å². The molecule has 0 bridgehead atoms. The van der Waals surface area contributed by atoms with Crippen LogP contribution in [0.15, 0.2) is 72.8 Å². The molecular weight excluding hydrogens is 464 g/mol. The van der Waals surface area contributed by atoms with E-state index in [4.69, 9.17) is 21.1 Å². The van der Waals surface area contributed by atoms with Crippen LogP contribution in [0.5, 0.6) is 11.5 Å². The Bertz CT molecular complexity index is 1160. The van der Waals surface area contributed by atoms with Gasteiger partial charge in [0.25, 0.3) is 5.91 Å². The summed E-state index contributed by atoms with van der Waals surface area (Å²) in [6, 6.07) is 20.9. The average molecular weight is 489 g/mol. The molecule has 3 aromatic carbocycles. The minimum atomic E-state index is -3.52. The smallest absolute Gasteiger partial charge is 0.258 e. The molecule has 174 valence electrons. The largest absolute Gasteiger partial charge is 0.497 e. The van der Waals surface area contributed by atoms with E-state index in [0.29, 0.717) is 23.0 Å². The van der Waals surface area contributed by atoms with Crippen LogP contribution in [-0.4, -0.2) is 34.3 Å². The fourth-order valence-corrected chi connectivity index (χ4v) is 4.02. The van der Waals surface area contributed by atoms with Crippen LogP contribution < -0.4 is 19.1 Å². The highest BCUT2D eigenvalue weighted by atomic mass is 35.5. The van der Waals surface area contributed by atoms with Gasteiger partial charge >= 0.3 is 0 Å². The fourth-order valence-electron chi connectivity index (χ4n) is 3.01. The molecule has 0 heterocycles. The van der Waals surface area contributed by atoms with Crippen molar-refractivity contribution in [3.05, 3.63) is 88.9 Å². The molecule has 0 aromatic heterocycles. The van der Waals surface area contributed by atoms with Crippen LogP contribution in [-0.2, 0) is 27.9 Å². The predicted molar refractivity (Wildman–Crippen MR) is 129 cm³/mol. The molecule has 1 amide bonds. The first-order chi connectivity index (χ1) is 15.7. The number of carbonyl (C=O) groups is 1. The molecule has 0 radical (unpaired) electrons. The number of nitrogens with one attached hydrogen (secondary N) is 1. The highest BCUT2D eigenvalue weighted by molar-refractivity contribution is 7.92. The predicted octanol–water partition coefficient (Wildman–Crippen LogP) is 4.01. The number of benzene rings is 3. The molecule has 0 spiro atoms. The number of hydrogen-bond acceptors (Lipinski definition) is 5. The van der Waals surface area contributed by atoms with Crippen LogP contribution in [0.2, 0.25) is 5.02 Å². The van der Waals surface area contributed by atoms with E-state index >= 15 is 0 Å². The number of amides is 1. The van der Waals surface area contributed by atoms with Gasteiger partial charge in [0.15, 0.2) is 6.61 Å². The third kappa shape index (κ3) is 7.40. The number of halogens is 1. The molecule has 33 heavy (non-hydrogen) atoms. The van der Waals surface area contributed by atoms with Crippen LogP contribution in [0.1, 0.15) is 11.1 Å². The summed E-state index contributed by atoms with van der Waals surface area (Å²) in [6.45, 7) is 0.388. The topological polar surface area (TPSA) is 84.9 Å². The maximum atomic E-state index is 12.3. The van der Waals surface area contributed by atoms with Crippen LogP contribution in [0.3, 0.4) is 0 Å². The number of ether oxygens (including phenoxy) is 2. The number of anilines is 1. The van der Waals surface area contributed by atoms with Gasteiger partial charge in [0.1, 0.15) is 11.5 Å². The zero-order chi connectivity index (χ0) is 23.8. The van der Waals surface area contributed by atoms with Crippen LogP contribution >= 0.6 is 11.6 Å². The second-order valence-corrected chi connectivity index (χ2v) is 9.65. The molecule has 3 aromatic rings. The first kappa shape index (κ1) is 24.4. The number of sulfonamides is 1. The van der Waals surface area contributed by atoms with E-state index in [9.17, 15) is 13.2 Å². The molecule has 0 unspecified atom stereocenters. The molecule has 0 aliphatic heterocycles. The lowest BCUT2D eigenvalue weighted by Crippen LogP contribution is -2.29. The maximum absolute atomic E-state index is 12.3. The van der Waals surface area contributed by atoms with Gasteiger partial charge in [-0.25, -0.2) is 8.42 Å². The summed E-state index contributed by atoms with van der Waals surface area (Å²) in [4.78, 5) is 12.1. The molecule has 0 fully saturated rings. The molecular formula is C24H25ClN2O5S. The van der Waals surface area contributed by atoms with Gasteiger partial charge in [-0.2, -0.15) is 0 Å². The van der Waals surface area contributed by atoms with Crippen molar-refractivity contribution >= 4 is 33.2 Å². The quantitative estimate of drug-likeness (QED) is 0.466. The van der Waals surface area contributed by atoms with Crippen molar-refractivity contribution in [2.45, 2.75) is 13.1 Å². The van der Waals surface area contributed by atoms with Crippen molar-refractivity contribution in [1.82, 2.24) is 5.32 Å². The SMILES string of the molecule is COc1ccc(CNC(=O)COc2ccc(N(Cc3ccc(Cl)cc3)S(C)(=O)=O)cc2)cc1. The van der Waals surface area contributed by atoms with Gasteiger partial charge in [-0.15, -0.1) is 0 Å². The maximum Gasteiger partial charge on any atom is 0.258 e. The summed E-state index contributed by atoms with van der Waals surface area (Å²) in [5.41, 5.74) is 2.23. The van der Waals surface area contributed by atoms with Gasteiger partial charge in [0.2, 0.25) is 10.0 Å². The average Bonchev–Trinajstić information content (AvgIpc) is 2.81. The lowest BCUT2D eigenvalue weighted by molar-refractivity contribution is -0.123. The van der Waals surface area contributed by atoms with E-state index in [1.54, 1.807) is 55.6 Å². The monoisotopic (exact) mass is 488 g/mol. The molecule has 3 rings (SSSR count). The Hall–Kier alpha value is -3.23. The van der Waals surface area contributed by atoms with Crippen molar-refractivity contribution < 1.29 is 22.7 Å². The molecule has 0 aliphatic rings. The van der Waals surface area contributed by atoms with Gasteiger partial charge in [-0.1, -0.05) is 35.9 Å². The summed E-state index contributed by atoms with van der Waals surface area (Å²) in [7, 11) is -1.92. The lowest BCUT2D eigenvalue weighted by Gasteiger charge is -2.23. The zero-order valence-electron chi connectivity index (χ0n) is 18.3. The molecule has 0 saturated carbocycles. The Balaban J connectivity index is 1.56. The molecule has 9 heteroatoms. The van der Waals surface area contributed by atoms with E-state index in [-0.39, 0.29) is 19.1 Å². The third-order valence-electron chi connectivity index (χ3n) is 4.78. The highest BCUT2D eigenvalue weighted by Crippen LogP contribution is 2.24. The summed E-state index contributed by atoms with van der Waals surface area (Å²) in [6.07, 6.45) is 1.15. The van der Waals surface area contributed by atoms with Crippen molar-refractivity contribution in [3.8, 4) is 11.5 Å². The summed E-state index contributed by atoms with van der Waals surface area (Å²) < 4.78 is 36.6. The van der Waals surface area contributed by atoms with Gasteiger partial charge in [0.05, 0.1) is 25.6 Å². The van der Waals surface area contributed by atoms with Crippen molar-refractivity contribution in [2.75, 3.05) is 24.3 Å². The van der Waals surface area contributed by atoms with Crippen molar-refractivity contribution in [1.29, 1.82) is 0 Å². The first-order valence-corrected chi connectivity index (χ1v) is 12.3. The van der Waals surface area contributed by atoms with E-state index in [1.165, 1.54) is 4.31 Å². The van der Waals surface area contributed by atoms with Crippen LogP contribution in [0.25, 0.3) is 0 Å². The number of carbonyl (C=O) groups excluding carboxylic acids is 1. The Labute approximate surface area is 198 Å². The molecule has 1 N–H and O–H groups in total. The standard InChI is InChI=1S/C24H25ClN2O5S/c1-31-22-11-5-18(6-12-22)15-26-24(28)17-32-23-13-9-21(10-14-23)27(33(2,29)30)16-19-3-7-20(25)8-4-19/h3-14H,15-17H2,1-2H3,(H,26,28). The molecule has 7 nitrogen and oxygen atoms in total. The summed E-state index contributed by atoms with van der Waals surface area (Å²) in [5.74, 6) is 0.938. The second kappa shape index (κ2) is 11.1. The van der Waals surface area contributed by atoms with Crippen molar-refractivity contribution in [3.63, 3.8) is 0 Å².